The molecule has 1 N–H and O–H groups in total. The lowest BCUT2D eigenvalue weighted by molar-refractivity contribution is 0.0717. The smallest absolute Gasteiger partial charge is 0.282 e. The van der Waals surface area contributed by atoms with Gasteiger partial charge in [0.05, 0.1) is 37.2 Å². The normalized spacial score (nSPS) is 10.7. The lowest BCUT2D eigenvalue weighted by Crippen LogP contribution is -2.37. The van der Waals surface area contributed by atoms with Crippen LogP contribution in [0, 0.1) is 0 Å². The average molecular weight is 520 g/mol. The molecule has 0 bridgehead atoms. The maximum atomic E-state index is 13.6. The van der Waals surface area contributed by atoms with E-state index in [1.165, 1.54) is 23.8 Å². The van der Waals surface area contributed by atoms with Gasteiger partial charge in [-0.3, -0.25) is 19.5 Å². The molecule has 1 amide bonds. The zero-order chi connectivity index (χ0) is 26.5. The van der Waals surface area contributed by atoms with Gasteiger partial charge in [0.2, 0.25) is 0 Å². The van der Waals surface area contributed by atoms with Crippen molar-refractivity contribution in [1.82, 2.24) is 14.7 Å². The number of aromatic nitrogens is 2. The molecule has 0 unspecified atom stereocenters. The Labute approximate surface area is 219 Å². The van der Waals surface area contributed by atoms with Crippen LogP contribution in [0.1, 0.15) is 27.6 Å². The Balaban J connectivity index is 1.75. The highest BCUT2D eigenvalue weighted by molar-refractivity contribution is 6.32. The van der Waals surface area contributed by atoms with E-state index in [9.17, 15) is 14.4 Å². The van der Waals surface area contributed by atoms with Gasteiger partial charge in [-0.1, -0.05) is 54.1 Å². The molecular weight excluding hydrogens is 494 g/mol. The fourth-order valence-corrected chi connectivity index (χ4v) is 4.23. The number of carbonyl (C=O) groups excluding carboxylic acids is 2. The van der Waals surface area contributed by atoms with Crippen LogP contribution in [0.15, 0.2) is 77.6 Å². The van der Waals surface area contributed by atoms with Crippen LogP contribution in [0.2, 0.25) is 5.02 Å². The number of hydrogen-bond acceptors (Lipinski definition) is 5. The first-order valence-electron chi connectivity index (χ1n) is 11.6. The van der Waals surface area contributed by atoms with Crippen molar-refractivity contribution in [1.29, 1.82) is 0 Å². The van der Waals surface area contributed by atoms with Crippen LogP contribution in [0.4, 0.5) is 0 Å². The van der Waals surface area contributed by atoms with Gasteiger partial charge in [0.25, 0.3) is 11.5 Å². The van der Waals surface area contributed by atoms with Crippen molar-refractivity contribution in [3.05, 3.63) is 99.3 Å². The molecule has 4 rings (SSSR count). The summed E-state index contributed by atoms with van der Waals surface area (Å²) in [5.74, 6) is 0.00153. The van der Waals surface area contributed by atoms with Crippen molar-refractivity contribution in [3.8, 4) is 28.4 Å². The quantitative estimate of drug-likeness (QED) is 0.319. The molecule has 0 radical (unpaired) electrons. The highest BCUT2D eigenvalue weighted by Gasteiger charge is 2.27. The Morgan fingerprint density at radius 3 is 2.16 bits per heavy atom. The Hall–Kier alpha value is -4.30. The molecule has 0 aliphatic heterocycles. The van der Waals surface area contributed by atoms with Gasteiger partial charge in [-0.2, -0.15) is 0 Å². The third kappa shape index (κ3) is 5.29. The van der Waals surface area contributed by atoms with Crippen LogP contribution in [0.5, 0.6) is 11.5 Å². The number of methoxy groups -OCH3 is 2. The van der Waals surface area contributed by atoms with E-state index in [2.05, 4.69) is 5.10 Å². The summed E-state index contributed by atoms with van der Waals surface area (Å²) in [7, 11) is 2.98. The first-order valence-corrected chi connectivity index (χ1v) is 12.0. The van der Waals surface area contributed by atoms with Crippen LogP contribution >= 0.6 is 11.6 Å². The lowest BCUT2D eigenvalue weighted by Gasteiger charge is -2.20. The van der Waals surface area contributed by atoms with Gasteiger partial charge >= 0.3 is 0 Å². The van der Waals surface area contributed by atoms with Crippen molar-refractivity contribution in [2.24, 2.45) is 0 Å². The molecule has 37 heavy (non-hydrogen) atoms. The second kappa shape index (κ2) is 11.2. The fraction of sp³-hybridized carbons (Fsp3) is 0.179. The number of halogens is 1. The maximum absolute atomic E-state index is 13.6. The number of nitrogens with one attached hydrogen (secondary N) is 1. The molecule has 0 fully saturated rings. The molecule has 0 atom stereocenters. The number of ether oxygens (including phenoxy) is 2. The van der Waals surface area contributed by atoms with Crippen LogP contribution in [0.25, 0.3) is 16.9 Å². The minimum atomic E-state index is -0.552. The molecule has 190 valence electrons. The number of carbonyl (C=O) groups is 2. The second-order valence-corrected chi connectivity index (χ2v) is 8.57. The molecule has 0 saturated carbocycles. The third-order valence-electron chi connectivity index (χ3n) is 5.93. The number of Topliss-reactive ketones (excluding diaryl/α,β-unsaturated/α-hetero) is 1. The molecule has 8 nitrogen and oxygen atoms in total. The molecule has 1 aromatic heterocycles. The summed E-state index contributed by atoms with van der Waals surface area (Å²) in [5.41, 5.74) is 1.11. The van der Waals surface area contributed by atoms with Gasteiger partial charge in [-0.15, -0.1) is 0 Å². The number of aromatic amines is 1. The summed E-state index contributed by atoms with van der Waals surface area (Å²) in [6, 6.07) is 20.7. The SMILES string of the molecule is CCN(CC(=O)c1c(-c2ccccc2)[nH]n(-c2ccccc2Cl)c1=O)C(=O)c1cc(OC)cc(OC)c1. The number of amides is 1. The fourth-order valence-electron chi connectivity index (χ4n) is 4.01. The molecular formula is C28H26ClN3O5. The van der Waals surface area contributed by atoms with Crippen LogP contribution in [-0.4, -0.2) is 53.7 Å². The van der Waals surface area contributed by atoms with E-state index in [0.717, 1.165) is 0 Å². The van der Waals surface area contributed by atoms with Gasteiger partial charge in [-0.25, -0.2) is 4.68 Å². The predicted octanol–water partition coefficient (Wildman–Crippen LogP) is 4.85. The number of nitrogens with zero attached hydrogens (tertiary/aromatic N) is 2. The first kappa shape index (κ1) is 25.8. The van der Waals surface area contributed by atoms with E-state index in [1.807, 2.05) is 18.2 Å². The van der Waals surface area contributed by atoms with Gasteiger partial charge < -0.3 is 14.4 Å². The summed E-state index contributed by atoms with van der Waals surface area (Å²) < 4.78 is 11.8. The molecule has 1 heterocycles. The average Bonchev–Trinajstić information content (AvgIpc) is 3.28. The van der Waals surface area contributed by atoms with Gasteiger partial charge in [0.1, 0.15) is 17.1 Å². The zero-order valence-corrected chi connectivity index (χ0v) is 21.4. The highest BCUT2D eigenvalue weighted by Crippen LogP contribution is 2.26. The molecule has 0 saturated heterocycles. The monoisotopic (exact) mass is 519 g/mol. The van der Waals surface area contributed by atoms with E-state index >= 15 is 0 Å². The molecule has 9 heteroatoms. The van der Waals surface area contributed by atoms with E-state index in [0.29, 0.717) is 39.0 Å². The molecule has 0 aliphatic carbocycles. The lowest BCUT2D eigenvalue weighted by atomic mass is 10.0. The Morgan fingerprint density at radius 2 is 1.57 bits per heavy atom. The number of para-hydroxylation sites is 1. The van der Waals surface area contributed by atoms with Crippen molar-refractivity contribution < 1.29 is 19.1 Å². The third-order valence-corrected chi connectivity index (χ3v) is 6.25. The maximum Gasteiger partial charge on any atom is 0.282 e. The number of rotatable bonds is 9. The van der Waals surface area contributed by atoms with Crippen LogP contribution in [-0.2, 0) is 0 Å². The number of likely N-dealkylation sites (N-methyl/N-ethyl adjacent to an activating group) is 1. The molecule has 0 spiro atoms. The predicted molar refractivity (Wildman–Crippen MR) is 142 cm³/mol. The van der Waals surface area contributed by atoms with E-state index < -0.39 is 17.2 Å². The molecule has 4 aromatic rings. The Kier molecular flexibility index (Phi) is 7.79. The number of hydrogen-bond donors (Lipinski definition) is 1. The van der Waals surface area contributed by atoms with Gasteiger partial charge in [0.15, 0.2) is 5.78 Å². The number of benzene rings is 3. The zero-order valence-electron chi connectivity index (χ0n) is 20.7. The van der Waals surface area contributed by atoms with Gasteiger partial charge in [-0.05, 0) is 31.2 Å². The summed E-state index contributed by atoms with van der Waals surface area (Å²) in [5, 5.41) is 3.40. The van der Waals surface area contributed by atoms with E-state index in [4.69, 9.17) is 21.1 Å². The van der Waals surface area contributed by atoms with Gasteiger partial charge in [0, 0.05) is 23.7 Å². The molecule has 3 aromatic carbocycles. The van der Waals surface area contributed by atoms with Crippen molar-refractivity contribution >= 4 is 23.3 Å². The second-order valence-electron chi connectivity index (χ2n) is 8.16. The van der Waals surface area contributed by atoms with Crippen molar-refractivity contribution in [3.63, 3.8) is 0 Å². The van der Waals surface area contributed by atoms with Crippen LogP contribution < -0.4 is 15.0 Å². The van der Waals surface area contributed by atoms with E-state index in [1.54, 1.807) is 61.5 Å². The van der Waals surface area contributed by atoms with E-state index in [-0.39, 0.29) is 18.7 Å². The molecule has 0 aliphatic rings. The first-order chi connectivity index (χ1) is 17.9. The minimum Gasteiger partial charge on any atom is -0.497 e. The summed E-state index contributed by atoms with van der Waals surface area (Å²) in [4.78, 5) is 41.9. The number of ketones is 1. The van der Waals surface area contributed by atoms with Crippen molar-refractivity contribution in [2.45, 2.75) is 6.92 Å². The Bertz CT molecular complexity index is 1470. The number of H-pyrrole nitrogens is 1. The minimum absolute atomic E-state index is 0.0550. The Morgan fingerprint density at radius 1 is 0.946 bits per heavy atom. The topological polar surface area (TPSA) is 93.6 Å². The van der Waals surface area contributed by atoms with Crippen LogP contribution in [0.3, 0.4) is 0 Å². The largest absolute Gasteiger partial charge is 0.497 e. The highest BCUT2D eigenvalue weighted by atomic mass is 35.5. The summed E-state index contributed by atoms with van der Waals surface area (Å²) in [6.45, 7) is 1.71. The summed E-state index contributed by atoms with van der Waals surface area (Å²) in [6.07, 6.45) is 0. The van der Waals surface area contributed by atoms with Crippen molar-refractivity contribution in [2.75, 3.05) is 27.3 Å². The summed E-state index contributed by atoms with van der Waals surface area (Å²) >= 11 is 6.35. The standard InChI is InChI=1S/C28H26ClN3O5/c1-4-31(27(34)19-14-20(36-2)16-21(15-19)37-3)17-24(33)25-26(18-10-6-5-7-11-18)30-32(28(25)35)23-13-9-8-12-22(23)29/h5-16,30H,4,17H2,1-3H3.